The minimum Gasteiger partial charge on any atom is -0.329 e. The molecule has 2 atom stereocenters. The zero-order valence-corrected chi connectivity index (χ0v) is 11.7. The number of rotatable bonds is 3. The average Bonchev–Trinajstić information content (AvgIpc) is 2.38. The Balaban J connectivity index is 2.41. The molecule has 1 heterocycles. The van der Waals surface area contributed by atoms with Gasteiger partial charge in [0.2, 0.25) is 10.0 Å². The molecule has 0 aliphatic carbocycles. The van der Waals surface area contributed by atoms with Gasteiger partial charge in [-0.05, 0) is 30.9 Å². The van der Waals surface area contributed by atoms with Crippen molar-refractivity contribution in [3.63, 3.8) is 0 Å². The van der Waals surface area contributed by atoms with Gasteiger partial charge in [0.25, 0.3) is 0 Å². The smallest absolute Gasteiger partial charge is 0.246 e. The number of halogens is 1. The lowest BCUT2D eigenvalue weighted by Gasteiger charge is -2.38. The van der Waals surface area contributed by atoms with E-state index in [1.165, 1.54) is 22.5 Å². The van der Waals surface area contributed by atoms with E-state index in [-0.39, 0.29) is 23.4 Å². The minimum absolute atomic E-state index is 0.195. The predicted octanol–water partition coefficient (Wildman–Crippen LogP) is 1.57. The molecule has 6 heteroatoms. The van der Waals surface area contributed by atoms with Crippen molar-refractivity contribution in [1.82, 2.24) is 4.31 Å². The van der Waals surface area contributed by atoms with Crippen molar-refractivity contribution in [2.45, 2.75) is 30.7 Å². The molecule has 0 amide bonds. The van der Waals surface area contributed by atoms with Gasteiger partial charge < -0.3 is 5.73 Å². The van der Waals surface area contributed by atoms with Gasteiger partial charge in [0.1, 0.15) is 10.7 Å². The number of sulfonamides is 1. The van der Waals surface area contributed by atoms with Gasteiger partial charge in [-0.2, -0.15) is 4.31 Å². The molecule has 2 N–H and O–H groups in total. The highest BCUT2D eigenvalue weighted by Gasteiger charge is 2.37. The van der Waals surface area contributed by atoms with Crippen molar-refractivity contribution in [3.8, 4) is 0 Å². The highest BCUT2D eigenvalue weighted by molar-refractivity contribution is 7.89. The number of piperidine rings is 1. The van der Waals surface area contributed by atoms with Gasteiger partial charge in [0.15, 0.2) is 0 Å². The SMILES string of the molecule is CC1CCCN(S(=O)(=O)c2ccccc2F)C1CN. The normalized spacial score (nSPS) is 25.4. The molecule has 106 valence electrons. The molecule has 1 fully saturated rings. The number of hydrogen-bond donors (Lipinski definition) is 1. The Morgan fingerprint density at radius 3 is 2.74 bits per heavy atom. The molecule has 0 bridgehead atoms. The van der Waals surface area contributed by atoms with E-state index in [9.17, 15) is 12.8 Å². The number of hydrogen-bond acceptors (Lipinski definition) is 3. The lowest BCUT2D eigenvalue weighted by atomic mass is 9.93. The molecule has 1 aromatic rings. The van der Waals surface area contributed by atoms with Gasteiger partial charge >= 0.3 is 0 Å². The van der Waals surface area contributed by atoms with Crippen molar-refractivity contribution in [3.05, 3.63) is 30.1 Å². The summed E-state index contributed by atoms with van der Waals surface area (Å²) in [7, 11) is -3.81. The van der Waals surface area contributed by atoms with E-state index in [2.05, 4.69) is 0 Å². The average molecular weight is 286 g/mol. The zero-order valence-electron chi connectivity index (χ0n) is 10.9. The molecular formula is C13H19FN2O2S. The van der Waals surface area contributed by atoms with Crippen molar-refractivity contribution in [1.29, 1.82) is 0 Å². The highest BCUT2D eigenvalue weighted by Crippen LogP contribution is 2.29. The van der Waals surface area contributed by atoms with Crippen molar-refractivity contribution >= 4 is 10.0 Å². The van der Waals surface area contributed by atoms with Gasteiger partial charge in [0, 0.05) is 19.1 Å². The van der Waals surface area contributed by atoms with Crippen molar-refractivity contribution in [2.24, 2.45) is 11.7 Å². The summed E-state index contributed by atoms with van der Waals surface area (Å²) in [6.07, 6.45) is 1.73. The number of benzene rings is 1. The Kier molecular flexibility index (Phi) is 4.23. The maximum atomic E-state index is 13.7. The van der Waals surface area contributed by atoms with Crippen LogP contribution in [0.5, 0.6) is 0 Å². The summed E-state index contributed by atoms with van der Waals surface area (Å²) in [5.41, 5.74) is 5.70. The first-order chi connectivity index (χ1) is 8.98. The monoisotopic (exact) mass is 286 g/mol. The molecular weight excluding hydrogens is 267 g/mol. The molecule has 4 nitrogen and oxygen atoms in total. The van der Waals surface area contributed by atoms with E-state index in [1.807, 2.05) is 6.92 Å². The molecule has 1 aliphatic heterocycles. The van der Waals surface area contributed by atoms with Gasteiger partial charge in [-0.3, -0.25) is 0 Å². The van der Waals surface area contributed by atoms with E-state index in [0.717, 1.165) is 18.9 Å². The second kappa shape index (κ2) is 5.56. The first-order valence-electron chi connectivity index (χ1n) is 6.45. The van der Waals surface area contributed by atoms with E-state index in [1.54, 1.807) is 0 Å². The maximum Gasteiger partial charge on any atom is 0.246 e. The van der Waals surface area contributed by atoms with Gasteiger partial charge in [-0.25, -0.2) is 12.8 Å². The summed E-state index contributed by atoms with van der Waals surface area (Å²) in [5, 5.41) is 0. The quantitative estimate of drug-likeness (QED) is 0.917. The second-order valence-electron chi connectivity index (χ2n) is 4.97. The van der Waals surface area contributed by atoms with Crippen LogP contribution in [0, 0.1) is 11.7 Å². The summed E-state index contributed by atoms with van der Waals surface area (Å²) in [6.45, 7) is 2.65. The molecule has 0 aromatic heterocycles. The summed E-state index contributed by atoms with van der Waals surface area (Å²) >= 11 is 0. The van der Waals surface area contributed by atoms with Crippen LogP contribution < -0.4 is 5.73 Å². The molecule has 19 heavy (non-hydrogen) atoms. The Morgan fingerprint density at radius 1 is 1.42 bits per heavy atom. The molecule has 1 aromatic carbocycles. The molecule has 2 unspecified atom stereocenters. The van der Waals surface area contributed by atoms with E-state index in [4.69, 9.17) is 5.73 Å². The fourth-order valence-electron chi connectivity index (χ4n) is 2.64. The number of nitrogens with zero attached hydrogens (tertiary/aromatic N) is 1. The molecule has 2 rings (SSSR count). The maximum absolute atomic E-state index is 13.7. The standard InChI is InChI=1S/C13H19FN2O2S/c1-10-5-4-8-16(12(10)9-15)19(17,18)13-7-3-2-6-11(13)14/h2-3,6-7,10,12H,4-5,8-9,15H2,1H3. The van der Waals surface area contributed by atoms with Crippen LogP contribution >= 0.6 is 0 Å². The Bertz CT molecular complexity index is 547. The first-order valence-corrected chi connectivity index (χ1v) is 7.89. The van der Waals surface area contributed by atoms with Crippen LogP contribution in [0.25, 0.3) is 0 Å². The zero-order chi connectivity index (χ0) is 14.0. The molecule has 1 saturated heterocycles. The lowest BCUT2D eigenvalue weighted by molar-refractivity contribution is 0.192. The third-order valence-corrected chi connectivity index (χ3v) is 5.69. The molecule has 0 saturated carbocycles. The summed E-state index contributed by atoms with van der Waals surface area (Å²) in [6, 6.07) is 5.22. The van der Waals surface area contributed by atoms with E-state index < -0.39 is 15.8 Å². The second-order valence-corrected chi connectivity index (χ2v) is 6.83. The summed E-state index contributed by atoms with van der Waals surface area (Å²) < 4.78 is 40.2. The third kappa shape index (κ3) is 2.66. The van der Waals surface area contributed by atoms with Gasteiger partial charge in [0.05, 0.1) is 0 Å². The van der Waals surface area contributed by atoms with Crippen LogP contribution in [0.2, 0.25) is 0 Å². The number of nitrogens with two attached hydrogens (primary N) is 1. The predicted molar refractivity (Wildman–Crippen MR) is 71.5 cm³/mol. The van der Waals surface area contributed by atoms with Crippen LogP contribution in [-0.2, 0) is 10.0 Å². The first kappa shape index (κ1) is 14.4. The van der Waals surface area contributed by atoms with Crippen LogP contribution in [0.15, 0.2) is 29.2 Å². The van der Waals surface area contributed by atoms with Crippen LogP contribution in [0.3, 0.4) is 0 Å². The van der Waals surface area contributed by atoms with Gasteiger partial charge in [-0.15, -0.1) is 0 Å². The Labute approximate surface area is 113 Å². The summed E-state index contributed by atoms with van der Waals surface area (Å²) in [4.78, 5) is -0.262. The fraction of sp³-hybridized carbons (Fsp3) is 0.538. The fourth-order valence-corrected chi connectivity index (χ4v) is 4.48. The lowest BCUT2D eigenvalue weighted by Crippen LogP contribution is -2.51. The molecule has 0 spiro atoms. The third-order valence-electron chi connectivity index (χ3n) is 3.73. The Hall–Kier alpha value is -0.980. The Morgan fingerprint density at radius 2 is 2.11 bits per heavy atom. The van der Waals surface area contributed by atoms with E-state index in [0.29, 0.717) is 6.54 Å². The minimum atomic E-state index is -3.81. The van der Waals surface area contributed by atoms with Crippen LogP contribution in [0.1, 0.15) is 19.8 Å². The van der Waals surface area contributed by atoms with Crippen molar-refractivity contribution < 1.29 is 12.8 Å². The summed E-state index contributed by atoms with van der Waals surface area (Å²) in [5.74, 6) is -0.517. The molecule has 1 aliphatic rings. The largest absolute Gasteiger partial charge is 0.329 e. The van der Waals surface area contributed by atoms with Crippen LogP contribution in [0.4, 0.5) is 4.39 Å². The topological polar surface area (TPSA) is 63.4 Å². The van der Waals surface area contributed by atoms with Crippen LogP contribution in [-0.4, -0.2) is 31.9 Å². The van der Waals surface area contributed by atoms with Crippen molar-refractivity contribution in [2.75, 3.05) is 13.1 Å². The highest BCUT2D eigenvalue weighted by atomic mass is 32.2. The van der Waals surface area contributed by atoms with E-state index >= 15 is 0 Å². The molecule has 0 radical (unpaired) electrons. The van der Waals surface area contributed by atoms with Gasteiger partial charge in [-0.1, -0.05) is 19.1 Å².